The Morgan fingerprint density at radius 3 is 2.72 bits per heavy atom. The summed E-state index contributed by atoms with van der Waals surface area (Å²) in [5.41, 5.74) is 1.26. The van der Waals surface area contributed by atoms with Crippen LogP contribution in [0.15, 0.2) is 41.1 Å². The first-order chi connectivity index (χ1) is 8.63. The number of hydrogen-bond donors (Lipinski definition) is 1. The summed E-state index contributed by atoms with van der Waals surface area (Å²) < 4.78 is 5.31. The van der Waals surface area contributed by atoms with Crippen molar-refractivity contribution in [3.63, 3.8) is 0 Å². The average molecular weight is 262 g/mol. The van der Waals surface area contributed by atoms with Gasteiger partial charge in [-0.3, -0.25) is 0 Å². The van der Waals surface area contributed by atoms with E-state index in [4.69, 9.17) is 4.74 Å². The first-order valence-electron chi connectivity index (χ1n) is 6.00. The fourth-order valence-electron chi connectivity index (χ4n) is 2.05. The summed E-state index contributed by atoms with van der Waals surface area (Å²) in [6, 6.07) is 9.75. The number of thiophene rings is 1. The number of methoxy groups -OCH3 is 1. The Balaban J connectivity index is 2.14. The maximum absolute atomic E-state index is 10.6. The van der Waals surface area contributed by atoms with E-state index in [9.17, 15) is 5.11 Å². The molecule has 0 amide bonds. The molecule has 0 saturated heterocycles. The molecule has 3 heteroatoms. The predicted octanol–water partition coefficient (Wildman–Crippen LogP) is 3.60. The van der Waals surface area contributed by atoms with Gasteiger partial charge in [0, 0.05) is 5.56 Å². The van der Waals surface area contributed by atoms with Crippen LogP contribution in [0, 0.1) is 0 Å². The molecule has 1 heterocycles. The van der Waals surface area contributed by atoms with E-state index in [1.54, 1.807) is 18.4 Å². The molecule has 1 aromatic carbocycles. The van der Waals surface area contributed by atoms with Gasteiger partial charge in [-0.05, 0) is 48.2 Å². The average Bonchev–Trinajstić information content (AvgIpc) is 2.89. The molecule has 18 heavy (non-hydrogen) atoms. The van der Waals surface area contributed by atoms with Crippen LogP contribution in [-0.4, -0.2) is 12.2 Å². The van der Waals surface area contributed by atoms with Gasteiger partial charge in [0.25, 0.3) is 0 Å². The number of aliphatic hydroxyl groups is 1. The summed E-state index contributed by atoms with van der Waals surface area (Å²) in [7, 11) is 1.63. The molecule has 96 valence electrons. The van der Waals surface area contributed by atoms with Crippen molar-refractivity contribution in [2.24, 2.45) is 0 Å². The minimum absolute atomic E-state index is 0.685. The van der Waals surface area contributed by atoms with Crippen LogP contribution >= 0.6 is 11.3 Å². The molecule has 0 saturated carbocycles. The SMILES string of the molecule is COc1ccccc1C(C)(O)CCc1ccsc1. The summed E-state index contributed by atoms with van der Waals surface area (Å²) in [4.78, 5) is 0. The lowest BCUT2D eigenvalue weighted by atomic mass is 9.89. The highest BCUT2D eigenvalue weighted by molar-refractivity contribution is 7.07. The van der Waals surface area contributed by atoms with Gasteiger partial charge in [0.15, 0.2) is 0 Å². The van der Waals surface area contributed by atoms with E-state index in [2.05, 4.69) is 16.8 Å². The lowest BCUT2D eigenvalue weighted by Gasteiger charge is -2.25. The molecule has 1 N–H and O–H groups in total. The lowest BCUT2D eigenvalue weighted by molar-refractivity contribution is 0.0455. The van der Waals surface area contributed by atoms with Crippen molar-refractivity contribution >= 4 is 11.3 Å². The Morgan fingerprint density at radius 2 is 2.06 bits per heavy atom. The van der Waals surface area contributed by atoms with Crippen molar-refractivity contribution < 1.29 is 9.84 Å². The van der Waals surface area contributed by atoms with Crippen molar-refractivity contribution in [2.45, 2.75) is 25.4 Å². The van der Waals surface area contributed by atoms with Gasteiger partial charge >= 0.3 is 0 Å². The van der Waals surface area contributed by atoms with Gasteiger partial charge in [0.1, 0.15) is 5.75 Å². The molecule has 0 spiro atoms. The molecule has 0 aliphatic rings. The van der Waals surface area contributed by atoms with Crippen molar-refractivity contribution in [3.05, 3.63) is 52.2 Å². The largest absolute Gasteiger partial charge is 0.496 e. The third kappa shape index (κ3) is 2.92. The molecule has 0 radical (unpaired) electrons. The molecular weight excluding hydrogens is 244 g/mol. The van der Waals surface area contributed by atoms with E-state index < -0.39 is 5.60 Å². The van der Waals surface area contributed by atoms with E-state index in [1.807, 2.05) is 31.2 Å². The molecule has 0 aliphatic heterocycles. The second-order valence-electron chi connectivity index (χ2n) is 4.61. The quantitative estimate of drug-likeness (QED) is 0.892. The molecule has 1 aromatic heterocycles. The third-order valence-electron chi connectivity index (χ3n) is 3.17. The van der Waals surface area contributed by atoms with Crippen molar-refractivity contribution in [2.75, 3.05) is 7.11 Å². The second-order valence-corrected chi connectivity index (χ2v) is 5.39. The van der Waals surface area contributed by atoms with E-state index in [0.29, 0.717) is 6.42 Å². The molecule has 2 aromatic rings. The Labute approximate surface area is 112 Å². The van der Waals surface area contributed by atoms with Crippen LogP contribution < -0.4 is 4.74 Å². The fraction of sp³-hybridized carbons (Fsp3) is 0.333. The smallest absolute Gasteiger partial charge is 0.124 e. The van der Waals surface area contributed by atoms with Gasteiger partial charge in [-0.25, -0.2) is 0 Å². The highest BCUT2D eigenvalue weighted by atomic mass is 32.1. The van der Waals surface area contributed by atoms with Gasteiger partial charge in [-0.15, -0.1) is 0 Å². The first kappa shape index (κ1) is 13.1. The summed E-state index contributed by atoms with van der Waals surface area (Å²) >= 11 is 1.69. The van der Waals surface area contributed by atoms with Crippen LogP contribution in [-0.2, 0) is 12.0 Å². The standard InChI is InChI=1S/C15H18O2S/c1-15(16,9-7-12-8-10-18-11-12)13-5-3-4-6-14(13)17-2/h3-6,8,10-11,16H,7,9H2,1-2H3. The predicted molar refractivity (Wildman–Crippen MR) is 75.2 cm³/mol. The number of benzene rings is 1. The summed E-state index contributed by atoms with van der Waals surface area (Å²) in [6.07, 6.45) is 1.55. The zero-order valence-corrected chi connectivity index (χ0v) is 11.5. The maximum Gasteiger partial charge on any atom is 0.124 e. The van der Waals surface area contributed by atoms with E-state index in [0.717, 1.165) is 17.7 Å². The molecule has 0 fully saturated rings. The number of rotatable bonds is 5. The normalized spacial score (nSPS) is 14.2. The van der Waals surface area contributed by atoms with Gasteiger partial charge in [-0.1, -0.05) is 18.2 Å². The number of aryl methyl sites for hydroxylation is 1. The number of para-hydroxylation sites is 1. The maximum atomic E-state index is 10.6. The Morgan fingerprint density at radius 1 is 1.28 bits per heavy atom. The lowest BCUT2D eigenvalue weighted by Crippen LogP contribution is -2.22. The Bertz CT molecular complexity index is 489. The van der Waals surface area contributed by atoms with Crippen LogP contribution in [0.25, 0.3) is 0 Å². The minimum atomic E-state index is -0.867. The van der Waals surface area contributed by atoms with Gasteiger partial charge in [0.2, 0.25) is 0 Å². The van der Waals surface area contributed by atoms with Gasteiger partial charge < -0.3 is 9.84 Å². The number of hydrogen-bond acceptors (Lipinski definition) is 3. The number of ether oxygens (including phenoxy) is 1. The third-order valence-corrected chi connectivity index (χ3v) is 3.90. The molecule has 2 rings (SSSR count). The summed E-state index contributed by atoms with van der Waals surface area (Å²) in [6.45, 7) is 1.84. The van der Waals surface area contributed by atoms with Crippen molar-refractivity contribution in [3.8, 4) is 5.75 Å². The summed E-state index contributed by atoms with van der Waals surface area (Å²) in [5, 5.41) is 14.8. The Kier molecular flexibility index (Phi) is 4.04. The van der Waals surface area contributed by atoms with Crippen LogP contribution in [0.5, 0.6) is 5.75 Å². The molecule has 1 unspecified atom stereocenters. The van der Waals surface area contributed by atoms with Crippen LogP contribution in [0.3, 0.4) is 0 Å². The topological polar surface area (TPSA) is 29.5 Å². The Hall–Kier alpha value is -1.32. The minimum Gasteiger partial charge on any atom is -0.496 e. The second kappa shape index (κ2) is 5.55. The first-order valence-corrected chi connectivity index (χ1v) is 6.95. The molecule has 0 aliphatic carbocycles. The highest BCUT2D eigenvalue weighted by Gasteiger charge is 2.26. The molecule has 2 nitrogen and oxygen atoms in total. The molecule has 1 atom stereocenters. The zero-order chi connectivity index (χ0) is 13.0. The molecular formula is C15H18O2S. The zero-order valence-electron chi connectivity index (χ0n) is 10.7. The van der Waals surface area contributed by atoms with Crippen LogP contribution in [0.1, 0.15) is 24.5 Å². The highest BCUT2D eigenvalue weighted by Crippen LogP contribution is 2.33. The monoisotopic (exact) mass is 262 g/mol. The summed E-state index contributed by atoms with van der Waals surface area (Å²) in [5.74, 6) is 0.743. The molecule has 0 bridgehead atoms. The van der Waals surface area contributed by atoms with E-state index >= 15 is 0 Å². The van der Waals surface area contributed by atoms with Crippen molar-refractivity contribution in [1.82, 2.24) is 0 Å². The van der Waals surface area contributed by atoms with Crippen molar-refractivity contribution in [1.29, 1.82) is 0 Å². The van der Waals surface area contributed by atoms with Crippen LogP contribution in [0.4, 0.5) is 0 Å². The van der Waals surface area contributed by atoms with E-state index in [1.165, 1.54) is 5.56 Å². The van der Waals surface area contributed by atoms with Crippen LogP contribution in [0.2, 0.25) is 0 Å². The van der Waals surface area contributed by atoms with Gasteiger partial charge in [-0.2, -0.15) is 11.3 Å². The van der Waals surface area contributed by atoms with Gasteiger partial charge in [0.05, 0.1) is 12.7 Å². The fourth-order valence-corrected chi connectivity index (χ4v) is 2.75. The van der Waals surface area contributed by atoms with E-state index in [-0.39, 0.29) is 0 Å².